The number of nitro benzene ring substituents is 1. The molecule has 0 aliphatic carbocycles. The number of anilines is 1. The number of nitrogens with zero attached hydrogens (tertiary/aromatic N) is 1. The Hall–Kier alpha value is -2.26. The van der Waals surface area contributed by atoms with Gasteiger partial charge in [0.25, 0.3) is 11.6 Å². The predicted octanol–water partition coefficient (Wildman–Crippen LogP) is 4.59. The van der Waals surface area contributed by atoms with Crippen LogP contribution in [0.5, 0.6) is 5.75 Å². The minimum Gasteiger partial charge on any atom is -0.483 e. The third-order valence-corrected chi connectivity index (χ3v) is 4.25. The van der Waals surface area contributed by atoms with E-state index in [0.29, 0.717) is 36.1 Å². The lowest BCUT2D eigenvalue weighted by atomic mass is 10.1. The fourth-order valence-electron chi connectivity index (χ4n) is 2.66. The molecule has 178 valence electrons. The van der Waals surface area contributed by atoms with Crippen molar-refractivity contribution < 1.29 is 14.5 Å². The third kappa shape index (κ3) is 10.4. The highest BCUT2D eigenvalue weighted by Gasteiger charge is 2.14. The van der Waals surface area contributed by atoms with Crippen molar-refractivity contribution in [3.8, 4) is 5.75 Å². The van der Waals surface area contributed by atoms with Gasteiger partial charge in [0.05, 0.1) is 15.6 Å². The van der Waals surface area contributed by atoms with Gasteiger partial charge in [0.2, 0.25) is 0 Å². The maximum Gasteiger partial charge on any atom is 0.271 e. The molecule has 2 rings (SSSR count). The van der Waals surface area contributed by atoms with Gasteiger partial charge in [0, 0.05) is 42.9 Å². The number of non-ortho nitro benzene ring substituents is 1. The number of benzene rings is 2. The summed E-state index contributed by atoms with van der Waals surface area (Å²) in [5.41, 5.74) is 1.23. The average Bonchev–Trinajstić information content (AvgIpc) is 2.66. The summed E-state index contributed by atoms with van der Waals surface area (Å²) in [7, 11) is 0. The van der Waals surface area contributed by atoms with E-state index in [0.717, 1.165) is 5.56 Å². The summed E-state index contributed by atoms with van der Waals surface area (Å²) in [6.45, 7) is 7.48. The molecule has 0 fully saturated rings. The molecular weight excluding hydrogens is 479 g/mol. The van der Waals surface area contributed by atoms with Crippen molar-refractivity contribution >= 4 is 53.7 Å². The topological polar surface area (TPSA) is 106 Å². The van der Waals surface area contributed by atoms with Gasteiger partial charge < -0.3 is 20.7 Å². The molecule has 0 unspecified atom stereocenters. The molecule has 32 heavy (non-hydrogen) atoms. The first-order chi connectivity index (χ1) is 14.2. The quantitative estimate of drug-likeness (QED) is 0.247. The molecule has 3 N–H and O–H groups in total. The fraction of sp³-hybridized carbons (Fsp3) is 0.381. The van der Waals surface area contributed by atoms with Crippen molar-refractivity contribution in [3.05, 3.63) is 63.2 Å². The Morgan fingerprint density at radius 3 is 2.44 bits per heavy atom. The van der Waals surface area contributed by atoms with Crippen LogP contribution in [0.25, 0.3) is 0 Å². The van der Waals surface area contributed by atoms with Gasteiger partial charge in [-0.2, -0.15) is 0 Å². The number of hydrogen-bond donors (Lipinski definition) is 3. The highest BCUT2D eigenvalue weighted by Crippen LogP contribution is 2.26. The van der Waals surface area contributed by atoms with E-state index < -0.39 is 4.92 Å². The van der Waals surface area contributed by atoms with Crippen molar-refractivity contribution in [3.63, 3.8) is 0 Å². The second-order valence-corrected chi connectivity index (χ2v) is 8.13. The predicted molar refractivity (Wildman–Crippen MR) is 133 cm³/mol. The SMILES string of the molecule is CC(C)(C)NC(=O)COc1ccccc1CNCCNc1ccc([N+](=O)[O-])cc1Cl.Cl.Cl. The number of halogens is 3. The number of para-hydroxylation sites is 1. The van der Waals surface area contributed by atoms with Gasteiger partial charge in [0.15, 0.2) is 6.61 Å². The Kier molecular flexibility index (Phi) is 13.0. The van der Waals surface area contributed by atoms with Crippen molar-refractivity contribution in [1.29, 1.82) is 0 Å². The van der Waals surface area contributed by atoms with E-state index in [1.165, 1.54) is 12.1 Å². The standard InChI is InChI=1S/C21H27ClN4O4.2ClH/c1-21(2,3)25-20(27)14-30-19-7-5-4-6-15(19)13-23-10-11-24-18-9-8-16(26(28)29)12-17(18)22;;/h4-9,12,23-24H,10-11,13-14H2,1-3H3,(H,25,27);2*1H. The lowest BCUT2D eigenvalue weighted by Gasteiger charge is -2.21. The summed E-state index contributed by atoms with van der Waals surface area (Å²) in [6.07, 6.45) is 0. The molecule has 0 aromatic heterocycles. The van der Waals surface area contributed by atoms with E-state index in [1.807, 2.05) is 45.0 Å². The molecule has 0 bridgehead atoms. The van der Waals surface area contributed by atoms with Crippen LogP contribution in [0.2, 0.25) is 5.02 Å². The molecule has 1 amide bonds. The highest BCUT2D eigenvalue weighted by molar-refractivity contribution is 6.33. The molecule has 0 saturated carbocycles. The zero-order chi connectivity index (χ0) is 22.1. The third-order valence-electron chi connectivity index (χ3n) is 3.94. The zero-order valence-corrected chi connectivity index (χ0v) is 20.5. The van der Waals surface area contributed by atoms with Gasteiger partial charge in [-0.15, -0.1) is 24.8 Å². The number of amides is 1. The van der Waals surface area contributed by atoms with E-state index in [-0.39, 0.29) is 48.6 Å². The van der Waals surface area contributed by atoms with E-state index in [9.17, 15) is 14.9 Å². The normalized spacial score (nSPS) is 10.4. The lowest BCUT2D eigenvalue weighted by Crippen LogP contribution is -2.43. The van der Waals surface area contributed by atoms with E-state index in [2.05, 4.69) is 16.0 Å². The number of nitrogens with one attached hydrogen (secondary N) is 3. The Labute approximate surface area is 205 Å². The summed E-state index contributed by atoms with van der Waals surface area (Å²) in [4.78, 5) is 22.2. The molecule has 8 nitrogen and oxygen atoms in total. The number of carbonyl (C=O) groups is 1. The van der Waals surface area contributed by atoms with Gasteiger partial charge in [-0.3, -0.25) is 14.9 Å². The second-order valence-electron chi connectivity index (χ2n) is 7.72. The van der Waals surface area contributed by atoms with Crippen molar-refractivity contribution in [1.82, 2.24) is 10.6 Å². The maximum atomic E-state index is 12.0. The van der Waals surface area contributed by atoms with Crippen molar-refractivity contribution in [2.75, 3.05) is 25.0 Å². The minimum atomic E-state index is -0.483. The zero-order valence-electron chi connectivity index (χ0n) is 18.1. The molecule has 0 aliphatic rings. The summed E-state index contributed by atoms with van der Waals surface area (Å²) in [6, 6.07) is 11.9. The molecule has 0 atom stereocenters. The number of rotatable bonds is 10. The van der Waals surface area contributed by atoms with Crippen LogP contribution < -0.4 is 20.7 Å². The Balaban J connectivity index is 0.00000480. The largest absolute Gasteiger partial charge is 0.483 e. The van der Waals surface area contributed by atoms with Crippen LogP contribution in [0.1, 0.15) is 26.3 Å². The second kappa shape index (κ2) is 14.0. The Bertz CT molecular complexity index is 892. The van der Waals surface area contributed by atoms with E-state index in [4.69, 9.17) is 16.3 Å². The van der Waals surface area contributed by atoms with Gasteiger partial charge in [-0.05, 0) is 32.9 Å². The summed E-state index contributed by atoms with van der Waals surface area (Å²) >= 11 is 6.07. The molecule has 0 heterocycles. The monoisotopic (exact) mass is 506 g/mol. The molecule has 0 spiro atoms. The number of hydrogen-bond acceptors (Lipinski definition) is 6. The van der Waals surface area contributed by atoms with Crippen LogP contribution in [0.3, 0.4) is 0 Å². The Morgan fingerprint density at radius 1 is 1.12 bits per heavy atom. The molecule has 2 aromatic carbocycles. The van der Waals surface area contributed by atoms with Crippen molar-refractivity contribution in [2.24, 2.45) is 0 Å². The summed E-state index contributed by atoms with van der Waals surface area (Å²) < 4.78 is 5.68. The summed E-state index contributed by atoms with van der Waals surface area (Å²) in [5.74, 6) is 0.481. The maximum absolute atomic E-state index is 12.0. The van der Waals surface area contributed by atoms with Crippen LogP contribution in [0.15, 0.2) is 42.5 Å². The first-order valence-electron chi connectivity index (χ1n) is 9.56. The van der Waals surface area contributed by atoms with Gasteiger partial charge >= 0.3 is 0 Å². The first kappa shape index (κ1) is 29.7. The molecule has 0 radical (unpaired) electrons. The van der Waals surface area contributed by atoms with Gasteiger partial charge in [0.1, 0.15) is 5.75 Å². The smallest absolute Gasteiger partial charge is 0.271 e. The average molecular weight is 508 g/mol. The Morgan fingerprint density at radius 2 is 1.81 bits per heavy atom. The van der Waals surface area contributed by atoms with E-state index >= 15 is 0 Å². The van der Waals surface area contributed by atoms with Crippen LogP contribution in [0, 0.1) is 10.1 Å². The molecule has 0 aliphatic heterocycles. The molecule has 2 aromatic rings. The highest BCUT2D eigenvalue weighted by atomic mass is 35.5. The van der Waals surface area contributed by atoms with Crippen LogP contribution in [-0.2, 0) is 11.3 Å². The van der Waals surface area contributed by atoms with Crippen LogP contribution in [0.4, 0.5) is 11.4 Å². The summed E-state index contributed by atoms with van der Waals surface area (Å²) in [5, 5.41) is 20.4. The lowest BCUT2D eigenvalue weighted by molar-refractivity contribution is -0.384. The molecular formula is C21H29Cl3N4O4. The van der Waals surface area contributed by atoms with Gasteiger partial charge in [-0.25, -0.2) is 0 Å². The fourth-order valence-corrected chi connectivity index (χ4v) is 2.90. The first-order valence-corrected chi connectivity index (χ1v) is 9.94. The van der Waals surface area contributed by atoms with Gasteiger partial charge in [-0.1, -0.05) is 29.8 Å². The number of ether oxygens (including phenoxy) is 1. The molecule has 0 saturated heterocycles. The minimum absolute atomic E-state index is 0. The van der Waals surface area contributed by atoms with Crippen molar-refractivity contribution in [2.45, 2.75) is 32.9 Å². The van der Waals surface area contributed by atoms with Crippen LogP contribution >= 0.6 is 36.4 Å². The van der Waals surface area contributed by atoms with E-state index in [1.54, 1.807) is 6.07 Å². The molecule has 11 heteroatoms. The number of nitro groups is 1. The van der Waals surface area contributed by atoms with Crippen LogP contribution in [-0.4, -0.2) is 36.1 Å². The number of carbonyl (C=O) groups excluding carboxylic acids is 1.